The van der Waals surface area contributed by atoms with Gasteiger partial charge in [-0.2, -0.15) is 0 Å². The van der Waals surface area contributed by atoms with Gasteiger partial charge in [-0.3, -0.25) is 0 Å². The molecule has 0 aliphatic heterocycles. The summed E-state index contributed by atoms with van der Waals surface area (Å²) >= 11 is 0. The van der Waals surface area contributed by atoms with Crippen molar-refractivity contribution < 1.29 is 5.11 Å². The highest BCUT2D eigenvalue weighted by atomic mass is 16.3. The van der Waals surface area contributed by atoms with E-state index >= 15 is 0 Å². The minimum absolute atomic E-state index is 0.361. The summed E-state index contributed by atoms with van der Waals surface area (Å²) in [7, 11) is 0. The van der Waals surface area contributed by atoms with Gasteiger partial charge in [-0.25, -0.2) is 0 Å². The fourth-order valence-electron chi connectivity index (χ4n) is 3.18. The number of benzene rings is 3. The van der Waals surface area contributed by atoms with Crippen molar-refractivity contribution in [3.05, 3.63) is 76.3 Å². The Labute approximate surface area is 144 Å². The van der Waals surface area contributed by atoms with Crippen molar-refractivity contribution in [1.29, 1.82) is 0 Å². The maximum atomic E-state index is 9.87. The summed E-state index contributed by atoms with van der Waals surface area (Å²) in [4.78, 5) is 0. The van der Waals surface area contributed by atoms with Gasteiger partial charge in [0.05, 0.1) is 0 Å². The first-order valence-electron chi connectivity index (χ1n) is 8.36. The molecule has 0 aliphatic rings. The van der Waals surface area contributed by atoms with Gasteiger partial charge in [0.1, 0.15) is 5.75 Å². The van der Waals surface area contributed by atoms with Crippen molar-refractivity contribution >= 4 is 0 Å². The summed E-state index contributed by atoms with van der Waals surface area (Å²) in [5.74, 6) is 0.361. The van der Waals surface area contributed by atoms with Crippen LogP contribution in [0.25, 0.3) is 22.3 Å². The van der Waals surface area contributed by atoms with Crippen molar-refractivity contribution in [1.82, 2.24) is 0 Å². The van der Waals surface area contributed by atoms with Gasteiger partial charge >= 0.3 is 0 Å². The molecule has 0 radical (unpaired) electrons. The molecule has 3 aromatic rings. The van der Waals surface area contributed by atoms with Crippen LogP contribution in [0.1, 0.15) is 27.8 Å². The van der Waals surface area contributed by atoms with Crippen LogP contribution in [0, 0.1) is 34.6 Å². The lowest BCUT2D eigenvalue weighted by Gasteiger charge is -2.14. The topological polar surface area (TPSA) is 20.2 Å². The Hall–Kier alpha value is -2.54. The molecule has 1 N–H and O–H groups in total. The van der Waals surface area contributed by atoms with E-state index in [1.54, 1.807) is 6.07 Å². The van der Waals surface area contributed by atoms with E-state index in [1.807, 2.05) is 13.0 Å². The molecule has 1 heteroatoms. The molecule has 1 nitrogen and oxygen atoms in total. The number of aryl methyl sites for hydroxylation is 3. The molecule has 0 atom stereocenters. The first kappa shape index (κ1) is 16.3. The van der Waals surface area contributed by atoms with Crippen LogP contribution >= 0.6 is 0 Å². The van der Waals surface area contributed by atoms with Crippen LogP contribution in [-0.4, -0.2) is 5.11 Å². The second-order valence-corrected chi connectivity index (χ2v) is 6.71. The Kier molecular flexibility index (Phi) is 4.19. The minimum Gasteiger partial charge on any atom is -0.508 e. The summed E-state index contributed by atoms with van der Waals surface area (Å²) < 4.78 is 0. The van der Waals surface area contributed by atoms with E-state index in [2.05, 4.69) is 64.1 Å². The molecule has 122 valence electrons. The SMILES string of the molecule is Cc1ccc(-c2ccc(-c3ccc(O)c(C)c3C)cc2C)cc1C. The van der Waals surface area contributed by atoms with Gasteiger partial charge < -0.3 is 5.11 Å². The third kappa shape index (κ3) is 2.82. The zero-order valence-corrected chi connectivity index (χ0v) is 15.1. The summed E-state index contributed by atoms with van der Waals surface area (Å²) in [5.41, 5.74) is 10.9. The van der Waals surface area contributed by atoms with Crippen molar-refractivity contribution in [2.75, 3.05) is 0 Å². The van der Waals surface area contributed by atoms with E-state index in [9.17, 15) is 5.11 Å². The van der Waals surface area contributed by atoms with Crippen LogP contribution in [0.4, 0.5) is 0 Å². The molecule has 0 spiro atoms. The van der Waals surface area contributed by atoms with Gasteiger partial charge in [0.25, 0.3) is 0 Å². The first-order chi connectivity index (χ1) is 11.4. The zero-order valence-electron chi connectivity index (χ0n) is 15.1. The molecule has 0 heterocycles. The number of phenolic OH excluding ortho intramolecular Hbond substituents is 1. The first-order valence-corrected chi connectivity index (χ1v) is 8.36. The highest BCUT2D eigenvalue weighted by molar-refractivity contribution is 5.76. The van der Waals surface area contributed by atoms with Crippen molar-refractivity contribution in [3.8, 4) is 28.0 Å². The summed E-state index contributed by atoms with van der Waals surface area (Å²) in [6, 6.07) is 17.0. The average molecular weight is 316 g/mol. The van der Waals surface area contributed by atoms with E-state index < -0.39 is 0 Å². The predicted octanol–water partition coefficient (Wildman–Crippen LogP) is 6.27. The number of hydrogen-bond donors (Lipinski definition) is 1. The van der Waals surface area contributed by atoms with Crippen LogP contribution in [0.5, 0.6) is 5.75 Å². The Morgan fingerprint density at radius 2 is 1.12 bits per heavy atom. The molecular formula is C23H24O. The molecular weight excluding hydrogens is 292 g/mol. The monoisotopic (exact) mass is 316 g/mol. The molecule has 0 unspecified atom stereocenters. The normalized spacial score (nSPS) is 10.9. The van der Waals surface area contributed by atoms with Gasteiger partial charge in [-0.1, -0.05) is 42.5 Å². The third-order valence-electron chi connectivity index (χ3n) is 5.11. The van der Waals surface area contributed by atoms with E-state index in [1.165, 1.54) is 38.9 Å². The van der Waals surface area contributed by atoms with Crippen LogP contribution in [-0.2, 0) is 0 Å². The lowest BCUT2D eigenvalue weighted by Crippen LogP contribution is -1.91. The smallest absolute Gasteiger partial charge is 0.118 e. The Balaban J connectivity index is 2.07. The number of hydrogen-bond acceptors (Lipinski definition) is 1. The molecule has 3 rings (SSSR count). The van der Waals surface area contributed by atoms with Crippen LogP contribution < -0.4 is 0 Å². The van der Waals surface area contributed by atoms with E-state index in [-0.39, 0.29) is 0 Å². The van der Waals surface area contributed by atoms with Crippen LogP contribution in [0.2, 0.25) is 0 Å². The highest BCUT2D eigenvalue weighted by Gasteiger charge is 2.10. The quantitative estimate of drug-likeness (QED) is 0.591. The van der Waals surface area contributed by atoms with Crippen molar-refractivity contribution in [3.63, 3.8) is 0 Å². The predicted molar refractivity (Wildman–Crippen MR) is 103 cm³/mol. The summed E-state index contributed by atoms with van der Waals surface area (Å²) in [6.45, 7) is 10.5. The highest BCUT2D eigenvalue weighted by Crippen LogP contribution is 2.33. The Morgan fingerprint density at radius 1 is 0.542 bits per heavy atom. The molecule has 0 bridgehead atoms. The van der Waals surface area contributed by atoms with Gasteiger partial charge in [0, 0.05) is 0 Å². The van der Waals surface area contributed by atoms with E-state index in [0.29, 0.717) is 5.75 Å². The number of rotatable bonds is 2. The molecule has 0 saturated carbocycles. The molecule has 0 aromatic heterocycles. The molecule has 0 fully saturated rings. The van der Waals surface area contributed by atoms with E-state index in [4.69, 9.17) is 0 Å². The summed E-state index contributed by atoms with van der Waals surface area (Å²) in [6.07, 6.45) is 0. The Morgan fingerprint density at radius 3 is 1.79 bits per heavy atom. The van der Waals surface area contributed by atoms with E-state index in [0.717, 1.165) is 11.1 Å². The molecule has 0 saturated heterocycles. The lowest BCUT2D eigenvalue weighted by atomic mass is 9.91. The molecule has 3 aromatic carbocycles. The minimum atomic E-state index is 0.361. The largest absolute Gasteiger partial charge is 0.508 e. The lowest BCUT2D eigenvalue weighted by molar-refractivity contribution is 0.470. The second-order valence-electron chi connectivity index (χ2n) is 6.71. The van der Waals surface area contributed by atoms with Gasteiger partial charge in [-0.15, -0.1) is 0 Å². The maximum Gasteiger partial charge on any atom is 0.118 e. The molecule has 0 amide bonds. The zero-order chi connectivity index (χ0) is 17.4. The second kappa shape index (κ2) is 6.16. The van der Waals surface area contributed by atoms with Crippen molar-refractivity contribution in [2.45, 2.75) is 34.6 Å². The van der Waals surface area contributed by atoms with Gasteiger partial charge in [-0.05, 0) is 90.8 Å². The number of aromatic hydroxyl groups is 1. The van der Waals surface area contributed by atoms with Gasteiger partial charge in [0.15, 0.2) is 0 Å². The van der Waals surface area contributed by atoms with Crippen LogP contribution in [0.3, 0.4) is 0 Å². The molecule has 0 aliphatic carbocycles. The molecule has 24 heavy (non-hydrogen) atoms. The maximum absolute atomic E-state index is 9.87. The van der Waals surface area contributed by atoms with Crippen molar-refractivity contribution in [2.24, 2.45) is 0 Å². The fourth-order valence-corrected chi connectivity index (χ4v) is 3.18. The summed E-state index contributed by atoms with van der Waals surface area (Å²) in [5, 5.41) is 9.87. The third-order valence-corrected chi connectivity index (χ3v) is 5.11. The Bertz CT molecular complexity index is 920. The van der Waals surface area contributed by atoms with Gasteiger partial charge in [0.2, 0.25) is 0 Å². The van der Waals surface area contributed by atoms with Crippen LogP contribution in [0.15, 0.2) is 48.5 Å². The standard InChI is InChI=1S/C23H24O/c1-14-6-7-19(12-15(14)2)21-9-8-20(13-16(21)3)22-10-11-23(24)18(5)17(22)4/h6-13,24H,1-5H3. The average Bonchev–Trinajstić information content (AvgIpc) is 2.55. The number of phenols is 1. The fraction of sp³-hybridized carbons (Fsp3) is 0.217.